The van der Waals surface area contributed by atoms with E-state index in [0.29, 0.717) is 19.6 Å². The molecule has 0 aromatic rings. The molecule has 5 nitrogen and oxygen atoms in total. The van der Waals surface area contributed by atoms with E-state index in [1.165, 1.54) is 0 Å². The first-order valence-corrected chi connectivity index (χ1v) is 7.74. The molecule has 20 heavy (non-hydrogen) atoms. The molecule has 1 atom stereocenters. The molecular formula is C15H26N2O3. The highest BCUT2D eigenvalue weighted by molar-refractivity contribution is 5.77. The van der Waals surface area contributed by atoms with Crippen molar-refractivity contribution < 1.29 is 14.3 Å². The number of hydrogen-bond acceptors (Lipinski definition) is 4. The normalized spacial score (nSPS) is 27.9. The first kappa shape index (κ1) is 15.3. The summed E-state index contributed by atoms with van der Waals surface area (Å²) in [6.07, 6.45) is 3.88. The lowest BCUT2D eigenvalue weighted by atomic mass is 9.73. The standard InChI is InChI=1S/C15H26N2O3/c1-3-17-12-15(8-6-13(17)18)7-5-9-16(11-15)10-14(19)20-4-2/h3-12H2,1-2H3/t15-/m1/s1. The number of hydrogen-bond donors (Lipinski definition) is 0. The Bertz CT molecular complexity index is 372. The molecule has 0 aromatic carbocycles. The molecule has 0 unspecified atom stereocenters. The van der Waals surface area contributed by atoms with E-state index in [0.717, 1.165) is 45.4 Å². The second-order valence-electron chi connectivity index (χ2n) is 6.03. The van der Waals surface area contributed by atoms with Crippen LogP contribution in [0.1, 0.15) is 39.5 Å². The second kappa shape index (κ2) is 6.57. The molecule has 0 saturated carbocycles. The van der Waals surface area contributed by atoms with Crippen molar-refractivity contribution in [2.45, 2.75) is 39.5 Å². The van der Waals surface area contributed by atoms with Crippen molar-refractivity contribution in [3.05, 3.63) is 0 Å². The van der Waals surface area contributed by atoms with Gasteiger partial charge in [-0.15, -0.1) is 0 Å². The van der Waals surface area contributed by atoms with Gasteiger partial charge in [0.1, 0.15) is 0 Å². The Kier molecular flexibility index (Phi) is 5.02. The third kappa shape index (κ3) is 3.51. The minimum Gasteiger partial charge on any atom is -0.465 e. The van der Waals surface area contributed by atoms with Crippen LogP contribution in [0.2, 0.25) is 0 Å². The van der Waals surface area contributed by atoms with Crippen molar-refractivity contribution in [1.29, 1.82) is 0 Å². The van der Waals surface area contributed by atoms with Crippen LogP contribution in [0.25, 0.3) is 0 Å². The maximum Gasteiger partial charge on any atom is 0.320 e. The number of piperidine rings is 2. The van der Waals surface area contributed by atoms with Crippen molar-refractivity contribution in [1.82, 2.24) is 9.80 Å². The summed E-state index contributed by atoms with van der Waals surface area (Å²) >= 11 is 0. The van der Waals surface area contributed by atoms with E-state index < -0.39 is 0 Å². The monoisotopic (exact) mass is 282 g/mol. The third-order valence-electron chi connectivity index (χ3n) is 4.53. The number of ether oxygens (including phenoxy) is 1. The van der Waals surface area contributed by atoms with E-state index in [2.05, 4.69) is 4.90 Å². The SMILES string of the molecule is CCOC(=O)CN1CCC[C@@]2(CCC(=O)N(CC)C2)C1. The van der Waals surface area contributed by atoms with Crippen molar-refractivity contribution in [3.63, 3.8) is 0 Å². The van der Waals surface area contributed by atoms with Crippen LogP contribution in [-0.4, -0.2) is 61.0 Å². The van der Waals surface area contributed by atoms with Crippen LogP contribution in [0.5, 0.6) is 0 Å². The van der Waals surface area contributed by atoms with Crippen molar-refractivity contribution >= 4 is 11.9 Å². The first-order chi connectivity index (χ1) is 9.58. The van der Waals surface area contributed by atoms with Gasteiger partial charge >= 0.3 is 5.97 Å². The van der Waals surface area contributed by atoms with Gasteiger partial charge in [-0.2, -0.15) is 0 Å². The predicted molar refractivity (Wildman–Crippen MR) is 76.2 cm³/mol. The molecule has 2 heterocycles. The van der Waals surface area contributed by atoms with Crippen LogP contribution in [0.15, 0.2) is 0 Å². The Balaban J connectivity index is 1.95. The van der Waals surface area contributed by atoms with Crippen molar-refractivity contribution in [2.75, 3.05) is 39.3 Å². The van der Waals surface area contributed by atoms with Gasteiger partial charge in [0, 0.05) is 31.5 Å². The van der Waals surface area contributed by atoms with E-state index in [-0.39, 0.29) is 17.3 Å². The largest absolute Gasteiger partial charge is 0.465 e. The molecular weight excluding hydrogens is 256 g/mol. The lowest BCUT2D eigenvalue weighted by molar-refractivity contribution is -0.147. The molecule has 1 spiro atoms. The van der Waals surface area contributed by atoms with Crippen LogP contribution in [0.3, 0.4) is 0 Å². The maximum absolute atomic E-state index is 11.8. The molecule has 0 bridgehead atoms. The second-order valence-corrected chi connectivity index (χ2v) is 6.03. The number of likely N-dealkylation sites (tertiary alicyclic amines) is 2. The van der Waals surface area contributed by atoms with Gasteiger partial charge in [-0.05, 0) is 39.7 Å². The summed E-state index contributed by atoms with van der Waals surface area (Å²) in [6.45, 7) is 8.21. The van der Waals surface area contributed by atoms with Gasteiger partial charge in [-0.25, -0.2) is 0 Å². The summed E-state index contributed by atoms with van der Waals surface area (Å²) in [5, 5.41) is 0. The molecule has 2 fully saturated rings. The number of carbonyl (C=O) groups is 2. The van der Waals surface area contributed by atoms with Gasteiger partial charge in [0.2, 0.25) is 5.91 Å². The Morgan fingerprint density at radius 3 is 2.80 bits per heavy atom. The molecule has 1 amide bonds. The molecule has 2 aliphatic rings. The quantitative estimate of drug-likeness (QED) is 0.729. The highest BCUT2D eigenvalue weighted by Crippen LogP contribution is 2.38. The smallest absolute Gasteiger partial charge is 0.320 e. The molecule has 0 radical (unpaired) electrons. The highest BCUT2D eigenvalue weighted by atomic mass is 16.5. The number of nitrogens with zero attached hydrogens (tertiary/aromatic N) is 2. The Morgan fingerprint density at radius 1 is 1.30 bits per heavy atom. The molecule has 0 N–H and O–H groups in total. The molecule has 114 valence electrons. The lowest BCUT2D eigenvalue weighted by Gasteiger charge is -2.48. The summed E-state index contributed by atoms with van der Waals surface area (Å²) in [4.78, 5) is 27.6. The van der Waals surface area contributed by atoms with Gasteiger partial charge in [0.15, 0.2) is 0 Å². The zero-order valence-electron chi connectivity index (χ0n) is 12.7. The first-order valence-electron chi connectivity index (χ1n) is 7.74. The third-order valence-corrected chi connectivity index (χ3v) is 4.53. The van der Waals surface area contributed by atoms with Crippen molar-refractivity contribution in [3.8, 4) is 0 Å². The van der Waals surface area contributed by atoms with Gasteiger partial charge in [-0.3, -0.25) is 14.5 Å². The van der Waals surface area contributed by atoms with Crippen LogP contribution >= 0.6 is 0 Å². The summed E-state index contributed by atoms with van der Waals surface area (Å²) in [5.74, 6) is 0.143. The molecule has 2 rings (SSSR count). The summed E-state index contributed by atoms with van der Waals surface area (Å²) in [7, 11) is 0. The highest BCUT2D eigenvalue weighted by Gasteiger charge is 2.41. The van der Waals surface area contributed by atoms with Gasteiger partial charge in [0.25, 0.3) is 0 Å². The van der Waals surface area contributed by atoms with E-state index in [1.807, 2.05) is 18.7 Å². The van der Waals surface area contributed by atoms with Crippen molar-refractivity contribution in [2.24, 2.45) is 5.41 Å². The minimum absolute atomic E-state index is 0.135. The molecule has 2 aliphatic heterocycles. The Morgan fingerprint density at radius 2 is 2.10 bits per heavy atom. The zero-order valence-corrected chi connectivity index (χ0v) is 12.7. The van der Waals surface area contributed by atoms with Gasteiger partial charge in [0.05, 0.1) is 13.2 Å². The fourth-order valence-corrected chi connectivity index (χ4v) is 3.56. The number of esters is 1. The lowest BCUT2D eigenvalue weighted by Crippen LogP contribution is -2.54. The maximum atomic E-state index is 11.8. The van der Waals surface area contributed by atoms with Crippen LogP contribution in [0, 0.1) is 5.41 Å². The average Bonchev–Trinajstić information content (AvgIpc) is 2.42. The summed E-state index contributed by atoms with van der Waals surface area (Å²) in [6, 6.07) is 0. The average molecular weight is 282 g/mol. The van der Waals surface area contributed by atoms with Gasteiger partial charge in [-0.1, -0.05) is 0 Å². The van der Waals surface area contributed by atoms with Crippen LogP contribution in [0.4, 0.5) is 0 Å². The van der Waals surface area contributed by atoms with Crippen LogP contribution < -0.4 is 0 Å². The molecule has 0 aromatic heterocycles. The predicted octanol–water partition coefficient (Wildman–Crippen LogP) is 1.27. The molecule has 0 aliphatic carbocycles. The Labute approximate surface area is 121 Å². The Hall–Kier alpha value is -1.10. The van der Waals surface area contributed by atoms with E-state index in [9.17, 15) is 9.59 Å². The fraction of sp³-hybridized carbons (Fsp3) is 0.867. The molecule has 2 saturated heterocycles. The fourth-order valence-electron chi connectivity index (χ4n) is 3.56. The van der Waals surface area contributed by atoms with E-state index in [1.54, 1.807) is 0 Å². The van der Waals surface area contributed by atoms with E-state index in [4.69, 9.17) is 4.74 Å². The van der Waals surface area contributed by atoms with Crippen LogP contribution in [-0.2, 0) is 14.3 Å². The topological polar surface area (TPSA) is 49.9 Å². The summed E-state index contributed by atoms with van der Waals surface area (Å²) < 4.78 is 5.03. The summed E-state index contributed by atoms with van der Waals surface area (Å²) in [5.41, 5.74) is 0.189. The number of rotatable bonds is 4. The number of carbonyl (C=O) groups excluding carboxylic acids is 2. The van der Waals surface area contributed by atoms with E-state index >= 15 is 0 Å². The van der Waals surface area contributed by atoms with Gasteiger partial charge < -0.3 is 9.64 Å². The minimum atomic E-state index is -0.135. The molecule has 5 heteroatoms. The number of amides is 1. The zero-order chi connectivity index (χ0) is 14.6.